The molecule has 0 fully saturated rings. The van der Waals surface area contributed by atoms with Crippen LogP contribution >= 0.6 is 0 Å². The predicted molar refractivity (Wildman–Crippen MR) is 66.3 cm³/mol. The normalized spacial score (nSPS) is 9.78. The van der Waals surface area contributed by atoms with E-state index in [0.717, 1.165) is 5.56 Å². The third kappa shape index (κ3) is 3.06. The topological polar surface area (TPSA) is 66.1 Å². The maximum Gasteiger partial charge on any atom is 0.220 e. The summed E-state index contributed by atoms with van der Waals surface area (Å²) in [6, 6.07) is 14.4. The van der Waals surface area contributed by atoms with E-state index in [4.69, 9.17) is 15.1 Å². The van der Waals surface area contributed by atoms with E-state index < -0.39 is 0 Å². The molecule has 0 aliphatic carbocycles. The van der Waals surface area contributed by atoms with Crippen LogP contribution in [0, 0.1) is 11.3 Å². The summed E-state index contributed by atoms with van der Waals surface area (Å²) in [4.78, 5) is 4.02. The van der Waals surface area contributed by atoms with Crippen molar-refractivity contribution in [3.8, 4) is 17.7 Å². The summed E-state index contributed by atoms with van der Waals surface area (Å²) in [5.74, 6) is 1.04. The fourth-order valence-electron chi connectivity index (χ4n) is 1.51. The van der Waals surface area contributed by atoms with Crippen LogP contribution in [0.15, 0.2) is 42.5 Å². The molecule has 2 aromatic rings. The first kappa shape index (κ1) is 12.1. The van der Waals surface area contributed by atoms with Crippen LogP contribution in [0.5, 0.6) is 11.6 Å². The third-order valence-corrected chi connectivity index (χ3v) is 2.38. The second-order valence-corrected chi connectivity index (χ2v) is 3.69. The Labute approximate surface area is 105 Å². The first-order valence-corrected chi connectivity index (χ1v) is 5.56. The number of rotatable bonds is 4. The molecule has 1 aromatic heterocycles. The van der Waals surface area contributed by atoms with Gasteiger partial charge in [0.2, 0.25) is 5.88 Å². The fourth-order valence-corrected chi connectivity index (χ4v) is 1.51. The Hall–Kier alpha value is -2.38. The highest BCUT2D eigenvalue weighted by molar-refractivity contribution is 5.32. The number of hydrogen-bond donors (Lipinski definition) is 1. The number of aliphatic hydroxyl groups excluding tert-OH is 1. The third-order valence-electron chi connectivity index (χ3n) is 2.38. The van der Waals surface area contributed by atoms with Gasteiger partial charge in [-0.3, -0.25) is 0 Å². The number of ether oxygens (including phenoxy) is 1. The maximum absolute atomic E-state index is 8.81. The highest BCUT2D eigenvalue weighted by atomic mass is 16.5. The van der Waals surface area contributed by atoms with Crippen LogP contribution in [-0.2, 0) is 6.42 Å². The van der Waals surface area contributed by atoms with E-state index >= 15 is 0 Å². The number of aliphatic hydroxyl groups is 1. The summed E-state index contributed by atoms with van der Waals surface area (Å²) in [6.07, 6.45) is 0.627. The smallest absolute Gasteiger partial charge is 0.220 e. The minimum Gasteiger partial charge on any atom is -0.439 e. The molecule has 4 nitrogen and oxygen atoms in total. The highest BCUT2D eigenvalue weighted by Crippen LogP contribution is 2.20. The second-order valence-electron chi connectivity index (χ2n) is 3.69. The van der Waals surface area contributed by atoms with Crippen molar-refractivity contribution in [2.75, 3.05) is 6.61 Å². The lowest BCUT2D eigenvalue weighted by Gasteiger charge is -2.05. The summed E-state index contributed by atoms with van der Waals surface area (Å²) >= 11 is 0. The van der Waals surface area contributed by atoms with E-state index in [1.807, 2.05) is 30.3 Å². The monoisotopic (exact) mass is 240 g/mol. The molecule has 0 saturated heterocycles. The van der Waals surface area contributed by atoms with Gasteiger partial charge < -0.3 is 9.84 Å². The molecule has 0 unspecified atom stereocenters. The minimum atomic E-state index is 0.131. The Morgan fingerprint density at radius 3 is 2.61 bits per heavy atom. The van der Waals surface area contributed by atoms with Gasteiger partial charge in [0.05, 0.1) is 0 Å². The summed E-state index contributed by atoms with van der Waals surface area (Å²) in [7, 11) is 0. The average Bonchev–Trinajstić information content (AvgIpc) is 2.42. The zero-order valence-corrected chi connectivity index (χ0v) is 9.71. The number of hydrogen-bond acceptors (Lipinski definition) is 4. The van der Waals surface area contributed by atoms with E-state index in [1.54, 1.807) is 18.2 Å². The summed E-state index contributed by atoms with van der Waals surface area (Å²) in [6.45, 7) is 0.131. The standard InChI is InChI=1S/C14H12N2O2/c15-10-12-2-1-3-14(16-12)18-13-6-4-11(5-7-13)8-9-17/h1-7,17H,8-9H2. The van der Waals surface area contributed by atoms with E-state index in [2.05, 4.69) is 4.98 Å². The molecule has 18 heavy (non-hydrogen) atoms. The Balaban J connectivity index is 2.11. The maximum atomic E-state index is 8.81. The zero-order valence-electron chi connectivity index (χ0n) is 9.71. The first-order valence-electron chi connectivity index (χ1n) is 5.56. The summed E-state index contributed by atoms with van der Waals surface area (Å²) < 4.78 is 5.53. The molecule has 0 aliphatic heterocycles. The SMILES string of the molecule is N#Cc1cccc(Oc2ccc(CCO)cc2)n1. The summed E-state index contributed by atoms with van der Waals surface area (Å²) in [5, 5.41) is 17.5. The van der Waals surface area contributed by atoms with E-state index in [0.29, 0.717) is 23.7 Å². The molecule has 0 spiro atoms. The minimum absolute atomic E-state index is 0.131. The van der Waals surface area contributed by atoms with Gasteiger partial charge in [-0.2, -0.15) is 5.26 Å². The van der Waals surface area contributed by atoms with E-state index in [9.17, 15) is 0 Å². The molecule has 4 heteroatoms. The van der Waals surface area contributed by atoms with Crippen molar-refractivity contribution in [2.24, 2.45) is 0 Å². The number of nitrogens with zero attached hydrogens (tertiary/aromatic N) is 2. The van der Waals surface area contributed by atoms with Crippen molar-refractivity contribution >= 4 is 0 Å². The van der Waals surface area contributed by atoms with Gasteiger partial charge in [-0.25, -0.2) is 4.98 Å². The molecule has 0 radical (unpaired) electrons. The predicted octanol–water partition coefficient (Wildman–Crippen LogP) is 2.28. The lowest BCUT2D eigenvalue weighted by molar-refractivity contribution is 0.299. The van der Waals surface area contributed by atoms with Crippen LogP contribution in [0.25, 0.3) is 0 Å². The van der Waals surface area contributed by atoms with E-state index in [1.165, 1.54) is 0 Å². The molecule has 2 rings (SSSR count). The number of benzene rings is 1. The van der Waals surface area contributed by atoms with Gasteiger partial charge in [0.25, 0.3) is 0 Å². The van der Waals surface area contributed by atoms with Crippen LogP contribution in [0.1, 0.15) is 11.3 Å². The first-order chi connectivity index (χ1) is 8.81. The molecule has 1 heterocycles. The van der Waals surface area contributed by atoms with Crippen LogP contribution in [0.3, 0.4) is 0 Å². The Bertz CT molecular complexity index is 559. The van der Waals surface area contributed by atoms with Gasteiger partial charge in [0.15, 0.2) is 0 Å². The lowest BCUT2D eigenvalue weighted by Crippen LogP contribution is -1.92. The van der Waals surface area contributed by atoms with Gasteiger partial charge in [-0.15, -0.1) is 0 Å². The number of nitriles is 1. The Morgan fingerprint density at radius 2 is 1.94 bits per heavy atom. The van der Waals surface area contributed by atoms with E-state index in [-0.39, 0.29) is 6.61 Å². The lowest BCUT2D eigenvalue weighted by atomic mass is 10.1. The van der Waals surface area contributed by atoms with Gasteiger partial charge in [0, 0.05) is 12.7 Å². The molecule has 0 saturated carbocycles. The molecule has 0 bridgehead atoms. The number of pyridine rings is 1. The molecule has 0 aliphatic rings. The van der Waals surface area contributed by atoms with Gasteiger partial charge in [-0.1, -0.05) is 18.2 Å². The van der Waals surface area contributed by atoms with Crippen LogP contribution in [-0.4, -0.2) is 16.7 Å². The molecule has 1 aromatic carbocycles. The van der Waals surface area contributed by atoms with Gasteiger partial charge in [0.1, 0.15) is 17.5 Å². The van der Waals surface area contributed by atoms with Crippen LogP contribution in [0.2, 0.25) is 0 Å². The largest absolute Gasteiger partial charge is 0.439 e. The molecule has 90 valence electrons. The highest BCUT2D eigenvalue weighted by Gasteiger charge is 2.00. The molecular weight excluding hydrogens is 228 g/mol. The molecular formula is C14H12N2O2. The Morgan fingerprint density at radius 1 is 1.17 bits per heavy atom. The van der Waals surface area contributed by atoms with Crippen LogP contribution < -0.4 is 4.74 Å². The van der Waals surface area contributed by atoms with Crippen molar-refractivity contribution in [1.82, 2.24) is 4.98 Å². The van der Waals surface area contributed by atoms with Crippen molar-refractivity contribution < 1.29 is 9.84 Å². The van der Waals surface area contributed by atoms with Crippen molar-refractivity contribution in [1.29, 1.82) is 5.26 Å². The fraction of sp³-hybridized carbons (Fsp3) is 0.143. The molecule has 1 N–H and O–H groups in total. The van der Waals surface area contributed by atoms with Crippen LogP contribution in [0.4, 0.5) is 0 Å². The second kappa shape index (κ2) is 5.80. The van der Waals surface area contributed by atoms with Crippen molar-refractivity contribution in [2.45, 2.75) is 6.42 Å². The van der Waals surface area contributed by atoms with Gasteiger partial charge >= 0.3 is 0 Å². The molecule has 0 amide bonds. The zero-order chi connectivity index (χ0) is 12.8. The van der Waals surface area contributed by atoms with Gasteiger partial charge in [-0.05, 0) is 30.2 Å². The Kier molecular flexibility index (Phi) is 3.90. The van der Waals surface area contributed by atoms with Crippen molar-refractivity contribution in [3.05, 3.63) is 53.7 Å². The van der Waals surface area contributed by atoms with Crippen molar-refractivity contribution in [3.63, 3.8) is 0 Å². The molecule has 0 atom stereocenters. The average molecular weight is 240 g/mol. The summed E-state index contributed by atoms with van der Waals surface area (Å²) in [5.41, 5.74) is 1.37. The quantitative estimate of drug-likeness (QED) is 0.890. The number of aromatic nitrogens is 1.